The van der Waals surface area contributed by atoms with Gasteiger partial charge in [-0.1, -0.05) is 117 Å². The summed E-state index contributed by atoms with van der Waals surface area (Å²) in [5.74, 6) is -1.07. The van der Waals surface area contributed by atoms with Crippen LogP contribution in [0.2, 0.25) is 0 Å². The highest BCUT2D eigenvalue weighted by Crippen LogP contribution is 2.43. The number of unbranched alkanes of at least 4 members (excludes halogenated alkanes) is 17. The minimum Gasteiger partial charge on any atom is -0.462 e. The van der Waals surface area contributed by atoms with Gasteiger partial charge in [-0.3, -0.25) is 23.4 Å². The summed E-state index contributed by atoms with van der Waals surface area (Å²) in [6.45, 7) is 4.02. The highest BCUT2D eigenvalue weighted by atomic mass is 31.2. The molecule has 0 aliphatic rings. The summed E-state index contributed by atoms with van der Waals surface area (Å²) in [7, 11) is -2.91. The molecule has 0 aliphatic heterocycles. The lowest BCUT2D eigenvalue weighted by Gasteiger charge is -2.20. The summed E-state index contributed by atoms with van der Waals surface area (Å²) in [6.07, 6.45) is 21.4. The van der Waals surface area contributed by atoms with Gasteiger partial charge >= 0.3 is 19.8 Å². The summed E-state index contributed by atoms with van der Waals surface area (Å²) >= 11 is 0. The first kappa shape index (κ1) is 45.5. The van der Waals surface area contributed by atoms with E-state index in [9.17, 15) is 23.8 Å². The Bertz CT molecular complexity index is 813. The maximum Gasteiger partial charge on any atom is 0.472 e. The van der Waals surface area contributed by atoms with Crippen LogP contribution >= 0.6 is 7.82 Å². The second kappa shape index (κ2) is 33.0. The van der Waals surface area contributed by atoms with Gasteiger partial charge in [-0.25, -0.2) is 4.57 Å². The van der Waals surface area contributed by atoms with Crippen LogP contribution in [0.5, 0.6) is 0 Å². The Morgan fingerprint density at radius 1 is 0.617 bits per heavy atom. The molecule has 2 atom stereocenters. The van der Waals surface area contributed by atoms with E-state index in [1.807, 2.05) is 0 Å². The second-order valence-corrected chi connectivity index (χ2v) is 13.8. The van der Waals surface area contributed by atoms with Crippen LogP contribution in [0.15, 0.2) is 0 Å². The van der Waals surface area contributed by atoms with Crippen LogP contribution in [0.4, 0.5) is 0 Å². The van der Waals surface area contributed by atoms with Gasteiger partial charge in [-0.05, 0) is 25.7 Å². The number of rotatable bonds is 35. The number of nitrogens with one attached hydrogen (secondary N) is 1. The molecule has 1 amide bonds. The molecule has 0 bridgehead atoms. The van der Waals surface area contributed by atoms with Crippen LogP contribution in [-0.2, 0) is 42.2 Å². The van der Waals surface area contributed by atoms with E-state index in [1.165, 1.54) is 64.2 Å². The van der Waals surface area contributed by atoms with Crippen molar-refractivity contribution in [1.82, 2.24) is 5.32 Å². The molecule has 0 aliphatic carbocycles. The number of hydrogen-bond acceptors (Lipinski definition) is 9. The highest BCUT2D eigenvalue weighted by molar-refractivity contribution is 7.47. The van der Waals surface area contributed by atoms with Crippen molar-refractivity contribution in [2.75, 3.05) is 40.1 Å². The number of ether oxygens (including phenoxy) is 3. The third kappa shape index (κ3) is 32.8. The predicted molar refractivity (Wildman–Crippen MR) is 185 cm³/mol. The van der Waals surface area contributed by atoms with E-state index in [0.717, 1.165) is 51.4 Å². The lowest BCUT2D eigenvalue weighted by Crippen LogP contribution is -2.30. The van der Waals surface area contributed by atoms with Gasteiger partial charge in [0.1, 0.15) is 6.61 Å². The summed E-state index contributed by atoms with van der Waals surface area (Å²) in [5, 5.41) is 2.62. The summed E-state index contributed by atoms with van der Waals surface area (Å²) in [4.78, 5) is 46.9. The van der Waals surface area contributed by atoms with E-state index in [4.69, 9.17) is 23.3 Å². The monoisotopic (exact) mass is 693 g/mol. The number of hydrogen-bond donors (Lipinski definition) is 2. The number of phosphoric acid groups is 1. The molecule has 2 N–H and O–H groups in total. The van der Waals surface area contributed by atoms with Crippen molar-refractivity contribution >= 4 is 25.7 Å². The van der Waals surface area contributed by atoms with Gasteiger partial charge in [0, 0.05) is 39.5 Å². The predicted octanol–water partition coefficient (Wildman–Crippen LogP) is 8.35. The Labute approximate surface area is 285 Å². The Kier molecular flexibility index (Phi) is 31.9. The zero-order valence-corrected chi connectivity index (χ0v) is 30.8. The number of carbonyl (C=O) groups excluding carboxylic acids is 3. The molecule has 12 heteroatoms. The van der Waals surface area contributed by atoms with Gasteiger partial charge in [-0.2, -0.15) is 0 Å². The summed E-state index contributed by atoms with van der Waals surface area (Å²) in [6, 6.07) is 0. The van der Waals surface area contributed by atoms with E-state index in [-0.39, 0.29) is 38.5 Å². The quantitative estimate of drug-likeness (QED) is 0.0377. The van der Waals surface area contributed by atoms with Crippen LogP contribution in [0.25, 0.3) is 0 Å². The van der Waals surface area contributed by atoms with Crippen molar-refractivity contribution in [2.24, 2.45) is 0 Å². The minimum absolute atomic E-state index is 0.0324. The largest absolute Gasteiger partial charge is 0.472 e. The standard InChI is InChI=1S/C35H68NO10P/c1-4-6-8-10-12-14-16-18-20-25-34(38)43-30-32(46-35(39)26-21-19-17-15-13-11-9-7-5-2)31-45-47(40,41)44-29-27-36-33(37)24-22-23-28-42-3/h32H,4-31H2,1-3H3,(H,36,37)(H,40,41). The Morgan fingerprint density at radius 2 is 1.11 bits per heavy atom. The maximum absolute atomic E-state index is 12.5. The van der Waals surface area contributed by atoms with Crippen molar-refractivity contribution < 1.29 is 47.1 Å². The Balaban J connectivity index is 4.57. The van der Waals surface area contributed by atoms with Crippen LogP contribution in [0.1, 0.15) is 162 Å². The fraction of sp³-hybridized carbons (Fsp3) is 0.914. The van der Waals surface area contributed by atoms with Gasteiger partial charge in [0.05, 0.1) is 13.2 Å². The number of carbonyl (C=O) groups is 3. The van der Waals surface area contributed by atoms with E-state index >= 15 is 0 Å². The number of methoxy groups -OCH3 is 1. The SMILES string of the molecule is CCCCCCCCCCCC(=O)OCC(COP(=O)(O)OCCNC(=O)CCCCOC)OC(=O)CCCCCCCCCCC. The van der Waals surface area contributed by atoms with Crippen molar-refractivity contribution in [1.29, 1.82) is 0 Å². The molecule has 0 saturated heterocycles. The van der Waals surface area contributed by atoms with E-state index in [2.05, 4.69) is 19.2 Å². The number of esters is 2. The number of phosphoric ester groups is 1. The molecular weight excluding hydrogens is 625 g/mol. The number of amides is 1. The second-order valence-electron chi connectivity index (χ2n) is 12.3. The molecule has 0 aromatic rings. The maximum atomic E-state index is 12.5. The van der Waals surface area contributed by atoms with E-state index in [1.54, 1.807) is 7.11 Å². The molecule has 47 heavy (non-hydrogen) atoms. The zero-order valence-electron chi connectivity index (χ0n) is 29.9. The molecule has 0 radical (unpaired) electrons. The van der Waals surface area contributed by atoms with Crippen LogP contribution in [-0.4, -0.2) is 68.9 Å². The lowest BCUT2D eigenvalue weighted by atomic mass is 10.1. The molecule has 0 spiro atoms. The van der Waals surface area contributed by atoms with Crippen LogP contribution < -0.4 is 5.32 Å². The molecular formula is C35H68NO10P. The fourth-order valence-electron chi connectivity index (χ4n) is 4.97. The van der Waals surface area contributed by atoms with E-state index in [0.29, 0.717) is 25.9 Å². The van der Waals surface area contributed by atoms with Gasteiger partial charge in [-0.15, -0.1) is 0 Å². The summed E-state index contributed by atoms with van der Waals surface area (Å²) < 4.78 is 38.2. The van der Waals surface area contributed by atoms with Crippen molar-refractivity contribution in [2.45, 2.75) is 168 Å². The summed E-state index contributed by atoms with van der Waals surface area (Å²) in [5.41, 5.74) is 0. The first-order valence-corrected chi connectivity index (χ1v) is 20.0. The smallest absolute Gasteiger partial charge is 0.462 e. The fourth-order valence-corrected chi connectivity index (χ4v) is 5.72. The first-order chi connectivity index (χ1) is 22.7. The molecule has 0 aromatic carbocycles. The molecule has 0 fully saturated rings. The van der Waals surface area contributed by atoms with Crippen LogP contribution in [0.3, 0.4) is 0 Å². The lowest BCUT2D eigenvalue weighted by molar-refractivity contribution is -0.161. The zero-order chi connectivity index (χ0) is 34.9. The van der Waals surface area contributed by atoms with Crippen molar-refractivity contribution in [3.63, 3.8) is 0 Å². The van der Waals surface area contributed by atoms with Gasteiger partial charge in [0.25, 0.3) is 0 Å². The molecule has 278 valence electrons. The van der Waals surface area contributed by atoms with Gasteiger partial charge < -0.3 is 24.4 Å². The highest BCUT2D eigenvalue weighted by Gasteiger charge is 2.26. The van der Waals surface area contributed by atoms with Crippen molar-refractivity contribution in [3.05, 3.63) is 0 Å². The normalized spacial score (nSPS) is 13.2. The average Bonchev–Trinajstić information content (AvgIpc) is 3.05. The molecule has 0 saturated carbocycles. The minimum atomic E-state index is -4.51. The van der Waals surface area contributed by atoms with Crippen molar-refractivity contribution in [3.8, 4) is 0 Å². The first-order valence-electron chi connectivity index (χ1n) is 18.5. The van der Waals surface area contributed by atoms with E-state index < -0.39 is 32.5 Å². The Hall–Kier alpha value is -1.52. The molecule has 0 heterocycles. The third-order valence-corrected chi connectivity index (χ3v) is 8.79. The van der Waals surface area contributed by atoms with Gasteiger partial charge in [0.15, 0.2) is 6.10 Å². The molecule has 0 rings (SSSR count). The molecule has 0 aromatic heterocycles. The topological polar surface area (TPSA) is 147 Å². The van der Waals surface area contributed by atoms with Gasteiger partial charge in [0.2, 0.25) is 5.91 Å². The molecule has 2 unspecified atom stereocenters. The molecule has 11 nitrogen and oxygen atoms in total. The Morgan fingerprint density at radius 3 is 1.64 bits per heavy atom. The average molecular weight is 694 g/mol. The van der Waals surface area contributed by atoms with Crippen LogP contribution in [0, 0.1) is 0 Å². The third-order valence-electron chi connectivity index (χ3n) is 7.80.